The number of thiol groups is 1. The van der Waals surface area contributed by atoms with Gasteiger partial charge in [0.05, 0.1) is 5.69 Å². The lowest BCUT2D eigenvalue weighted by atomic mass is 9.82. The minimum atomic E-state index is -0.418. The zero-order chi connectivity index (χ0) is 13.5. The first-order valence-corrected chi connectivity index (χ1v) is 8.98. The molecule has 1 aliphatic heterocycles. The average molecular weight is 313 g/mol. The highest BCUT2D eigenvalue weighted by Crippen LogP contribution is 2.54. The van der Waals surface area contributed by atoms with Crippen molar-refractivity contribution in [1.82, 2.24) is 0 Å². The molecule has 5 heteroatoms. The maximum Gasteiger partial charge on any atom is 0.194 e. The van der Waals surface area contributed by atoms with Crippen LogP contribution in [0.3, 0.4) is 0 Å². The quantitative estimate of drug-likeness (QED) is 0.420. The molecule has 1 aliphatic carbocycles. The summed E-state index contributed by atoms with van der Waals surface area (Å²) >= 11 is 7.58. The zero-order valence-electron chi connectivity index (χ0n) is 11.1. The molecule has 1 aromatic carbocycles. The molecule has 1 heterocycles. The van der Waals surface area contributed by atoms with Crippen LogP contribution in [0.15, 0.2) is 17.0 Å². The Hall–Kier alpha value is 0.0300. The summed E-state index contributed by atoms with van der Waals surface area (Å²) in [7, 11) is 0. The predicted molar refractivity (Wildman–Crippen MR) is 90.0 cm³/mol. The van der Waals surface area contributed by atoms with Gasteiger partial charge in [-0.05, 0) is 54.8 Å². The SMILES string of the molecule is Cc1c(C2CCCCC2)ccc2c1NC(S)(SN)S2. The van der Waals surface area contributed by atoms with E-state index in [1.807, 2.05) is 0 Å². The van der Waals surface area contributed by atoms with Gasteiger partial charge in [-0.25, -0.2) is 0 Å². The van der Waals surface area contributed by atoms with Gasteiger partial charge in [0.15, 0.2) is 3.54 Å². The summed E-state index contributed by atoms with van der Waals surface area (Å²) in [4.78, 5) is 1.27. The number of fused-ring (bicyclic) bond motifs is 1. The third-order valence-corrected chi connectivity index (χ3v) is 6.81. The summed E-state index contributed by atoms with van der Waals surface area (Å²) < 4.78 is -0.418. The van der Waals surface area contributed by atoms with Crippen molar-refractivity contribution in [1.29, 1.82) is 0 Å². The second-order valence-corrected chi connectivity index (χ2v) is 9.05. The van der Waals surface area contributed by atoms with Crippen LogP contribution in [0.5, 0.6) is 0 Å². The van der Waals surface area contributed by atoms with Gasteiger partial charge in [-0.15, -0.1) is 12.6 Å². The highest BCUT2D eigenvalue weighted by molar-refractivity contribution is 8.29. The average Bonchev–Trinajstić information content (AvgIpc) is 2.79. The Morgan fingerprint density at radius 2 is 2.11 bits per heavy atom. The van der Waals surface area contributed by atoms with Crippen molar-refractivity contribution in [3.63, 3.8) is 0 Å². The summed E-state index contributed by atoms with van der Waals surface area (Å²) in [5, 5.41) is 9.21. The summed E-state index contributed by atoms with van der Waals surface area (Å²) in [6.45, 7) is 2.23. The molecule has 2 nitrogen and oxygen atoms in total. The Balaban J connectivity index is 1.92. The van der Waals surface area contributed by atoms with E-state index in [0.29, 0.717) is 0 Å². The van der Waals surface area contributed by atoms with Crippen molar-refractivity contribution >= 4 is 42.0 Å². The maximum absolute atomic E-state index is 5.74. The van der Waals surface area contributed by atoms with E-state index < -0.39 is 3.54 Å². The van der Waals surface area contributed by atoms with Crippen LogP contribution in [0, 0.1) is 6.92 Å². The molecular formula is C14H20N2S3. The van der Waals surface area contributed by atoms with Gasteiger partial charge in [-0.3, -0.25) is 5.14 Å². The second-order valence-electron chi connectivity index (χ2n) is 5.41. The van der Waals surface area contributed by atoms with Crippen LogP contribution < -0.4 is 10.5 Å². The molecule has 2 aliphatic rings. The minimum Gasteiger partial charge on any atom is -0.352 e. The monoisotopic (exact) mass is 312 g/mol. The highest BCUT2D eigenvalue weighted by Gasteiger charge is 2.36. The van der Waals surface area contributed by atoms with Gasteiger partial charge in [0.2, 0.25) is 0 Å². The molecule has 3 rings (SSSR count). The first-order chi connectivity index (χ1) is 9.13. The molecule has 3 N–H and O–H groups in total. The van der Waals surface area contributed by atoms with Crippen molar-refractivity contribution in [2.24, 2.45) is 5.14 Å². The van der Waals surface area contributed by atoms with Crippen LogP contribution in [0.2, 0.25) is 0 Å². The number of nitrogens with one attached hydrogen (secondary N) is 1. The van der Waals surface area contributed by atoms with Gasteiger partial charge in [-0.1, -0.05) is 37.1 Å². The molecule has 1 atom stereocenters. The van der Waals surface area contributed by atoms with Gasteiger partial charge in [0.25, 0.3) is 0 Å². The van der Waals surface area contributed by atoms with E-state index in [0.717, 1.165) is 5.92 Å². The van der Waals surface area contributed by atoms with Gasteiger partial charge in [0.1, 0.15) is 0 Å². The lowest BCUT2D eigenvalue weighted by Gasteiger charge is -2.25. The number of benzene rings is 1. The summed E-state index contributed by atoms with van der Waals surface area (Å²) in [6, 6.07) is 4.55. The van der Waals surface area contributed by atoms with E-state index in [1.165, 1.54) is 65.8 Å². The smallest absolute Gasteiger partial charge is 0.194 e. The van der Waals surface area contributed by atoms with Crippen LogP contribution in [0.4, 0.5) is 5.69 Å². The van der Waals surface area contributed by atoms with Crippen LogP contribution in [-0.2, 0) is 0 Å². The summed E-state index contributed by atoms with van der Waals surface area (Å²) in [6.07, 6.45) is 6.82. The van der Waals surface area contributed by atoms with E-state index in [-0.39, 0.29) is 0 Å². The normalized spacial score (nSPS) is 27.1. The van der Waals surface area contributed by atoms with Crippen LogP contribution in [0.1, 0.15) is 49.1 Å². The standard InChI is InChI=1S/C14H20N2S3/c1-9-11(10-5-3-2-4-6-10)7-8-12-13(9)16-14(17,18-12)19-15/h7-8,10,16-17H,2-6,15H2,1H3. The number of thioether (sulfide) groups is 1. The molecule has 1 aromatic rings. The fraction of sp³-hybridized carbons (Fsp3) is 0.571. The summed E-state index contributed by atoms with van der Waals surface area (Å²) in [5.74, 6) is 0.742. The number of rotatable bonds is 2. The van der Waals surface area contributed by atoms with E-state index in [1.54, 1.807) is 11.8 Å². The maximum atomic E-state index is 5.74. The predicted octanol–water partition coefficient (Wildman–Crippen LogP) is 4.71. The molecular weight excluding hydrogens is 292 g/mol. The number of nitrogens with two attached hydrogens (primary N) is 1. The molecule has 1 unspecified atom stereocenters. The Bertz CT molecular complexity index is 486. The topological polar surface area (TPSA) is 38.0 Å². The van der Waals surface area contributed by atoms with Gasteiger partial charge in [0, 0.05) is 4.90 Å². The Morgan fingerprint density at radius 1 is 1.37 bits per heavy atom. The first-order valence-electron chi connectivity index (χ1n) is 6.84. The Kier molecular flexibility index (Phi) is 4.00. The van der Waals surface area contributed by atoms with Gasteiger partial charge >= 0.3 is 0 Å². The van der Waals surface area contributed by atoms with Crippen LogP contribution in [-0.4, -0.2) is 3.54 Å². The van der Waals surface area contributed by atoms with Gasteiger partial charge in [-0.2, -0.15) is 0 Å². The molecule has 0 amide bonds. The number of hydrogen-bond donors (Lipinski definition) is 3. The second kappa shape index (κ2) is 5.43. The molecule has 0 spiro atoms. The van der Waals surface area contributed by atoms with E-state index >= 15 is 0 Å². The van der Waals surface area contributed by atoms with E-state index in [2.05, 4.69) is 37.0 Å². The molecule has 19 heavy (non-hydrogen) atoms. The third-order valence-electron chi connectivity index (χ3n) is 4.20. The largest absolute Gasteiger partial charge is 0.352 e. The molecule has 0 saturated heterocycles. The minimum absolute atomic E-state index is 0.418. The third kappa shape index (κ3) is 2.62. The fourth-order valence-electron chi connectivity index (χ4n) is 3.19. The molecule has 0 bridgehead atoms. The van der Waals surface area contributed by atoms with Crippen molar-refractivity contribution in [2.45, 2.75) is 53.4 Å². The van der Waals surface area contributed by atoms with Crippen molar-refractivity contribution in [3.8, 4) is 0 Å². The van der Waals surface area contributed by atoms with Crippen molar-refractivity contribution in [2.75, 3.05) is 5.32 Å². The highest BCUT2D eigenvalue weighted by atomic mass is 32.3. The van der Waals surface area contributed by atoms with Crippen LogP contribution >= 0.6 is 36.3 Å². The van der Waals surface area contributed by atoms with E-state index in [9.17, 15) is 0 Å². The molecule has 1 fully saturated rings. The van der Waals surface area contributed by atoms with E-state index in [4.69, 9.17) is 5.14 Å². The molecule has 1 saturated carbocycles. The fourth-order valence-corrected chi connectivity index (χ4v) is 5.11. The summed E-state index contributed by atoms with van der Waals surface area (Å²) in [5.41, 5.74) is 4.15. The lowest BCUT2D eigenvalue weighted by molar-refractivity contribution is 0.442. The first kappa shape index (κ1) is 14.0. The van der Waals surface area contributed by atoms with Crippen molar-refractivity contribution in [3.05, 3.63) is 23.3 Å². The van der Waals surface area contributed by atoms with Gasteiger partial charge < -0.3 is 5.32 Å². The Labute approximate surface area is 129 Å². The van der Waals surface area contributed by atoms with Crippen LogP contribution in [0.25, 0.3) is 0 Å². The zero-order valence-corrected chi connectivity index (χ0v) is 13.6. The molecule has 104 valence electrons. The molecule has 0 radical (unpaired) electrons. The lowest BCUT2D eigenvalue weighted by Crippen LogP contribution is -2.21. The number of hydrogen-bond acceptors (Lipinski definition) is 5. The van der Waals surface area contributed by atoms with Crippen molar-refractivity contribution < 1.29 is 0 Å². The number of anilines is 1. The Morgan fingerprint density at radius 3 is 2.79 bits per heavy atom. The molecule has 0 aromatic heterocycles.